The second-order valence-corrected chi connectivity index (χ2v) is 21.8. The van der Waals surface area contributed by atoms with Crippen molar-refractivity contribution in [3.63, 3.8) is 0 Å². The van der Waals surface area contributed by atoms with E-state index in [0.29, 0.717) is 56.3 Å². The Kier molecular flexibility index (Phi) is 46.4. The highest BCUT2D eigenvalue weighted by Crippen LogP contribution is 2.24. The molecule has 0 spiro atoms. The molecule has 1 aliphatic rings. The summed E-state index contributed by atoms with van der Waals surface area (Å²) in [4.78, 5) is 44.3. The minimum Gasteiger partial charge on any atom is -0.465 e. The van der Waals surface area contributed by atoms with Crippen LogP contribution in [0.4, 0.5) is 0 Å². The topological polar surface area (TPSA) is 76.2 Å². The Morgan fingerprint density at radius 1 is 0.397 bits per heavy atom. The lowest BCUT2D eigenvalue weighted by molar-refractivity contribution is -0.146. The maximum absolute atomic E-state index is 14.1. The lowest BCUT2D eigenvalue weighted by atomic mass is 9.96. The van der Waals surface area contributed by atoms with Crippen LogP contribution in [0.1, 0.15) is 317 Å². The van der Waals surface area contributed by atoms with Crippen LogP contribution in [-0.2, 0) is 23.9 Å². The number of amides is 1. The van der Waals surface area contributed by atoms with Crippen LogP contribution in [0, 0.1) is 11.8 Å². The van der Waals surface area contributed by atoms with Crippen LogP contribution in [0.25, 0.3) is 0 Å². The molecule has 0 radical (unpaired) electrons. The molecule has 402 valence electrons. The molecule has 0 aromatic heterocycles. The molecule has 3 unspecified atom stereocenters. The van der Waals surface area contributed by atoms with Gasteiger partial charge in [0.1, 0.15) is 0 Å². The molecule has 0 aliphatic carbocycles. The molecule has 3 atom stereocenters. The Balaban J connectivity index is 2.62. The van der Waals surface area contributed by atoms with Crippen LogP contribution in [0.15, 0.2) is 0 Å². The number of rotatable bonds is 52. The zero-order valence-electron chi connectivity index (χ0n) is 46.5. The lowest BCUT2D eigenvalue weighted by Gasteiger charge is -2.33. The van der Waals surface area contributed by atoms with E-state index < -0.39 is 0 Å². The molecule has 0 aromatic carbocycles. The third-order valence-electron chi connectivity index (χ3n) is 15.2. The van der Waals surface area contributed by atoms with E-state index in [4.69, 9.17) is 9.47 Å². The van der Waals surface area contributed by atoms with Gasteiger partial charge in [0.2, 0.25) is 5.91 Å². The molecule has 7 nitrogen and oxygen atoms in total. The van der Waals surface area contributed by atoms with Crippen molar-refractivity contribution in [2.75, 3.05) is 39.4 Å². The van der Waals surface area contributed by atoms with Crippen LogP contribution in [0.5, 0.6) is 0 Å². The van der Waals surface area contributed by atoms with E-state index in [2.05, 4.69) is 44.4 Å². The molecule has 1 saturated heterocycles. The molecule has 68 heavy (non-hydrogen) atoms. The summed E-state index contributed by atoms with van der Waals surface area (Å²) in [5, 5.41) is 0. The number of unbranched alkanes of at least 4 members (excludes halogenated alkanes) is 25. The molecule has 0 aromatic rings. The van der Waals surface area contributed by atoms with Gasteiger partial charge in [0.25, 0.3) is 0 Å². The highest BCUT2D eigenvalue weighted by molar-refractivity contribution is 5.76. The van der Waals surface area contributed by atoms with Gasteiger partial charge in [-0.1, -0.05) is 214 Å². The number of nitrogens with zero attached hydrogens (tertiary/aromatic N) is 2. The molecule has 0 bridgehead atoms. The van der Waals surface area contributed by atoms with Gasteiger partial charge in [-0.25, -0.2) is 0 Å². The van der Waals surface area contributed by atoms with Crippen molar-refractivity contribution in [2.24, 2.45) is 11.8 Å². The first-order valence-corrected chi connectivity index (χ1v) is 30.7. The van der Waals surface area contributed by atoms with Crippen LogP contribution < -0.4 is 0 Å². The van der Waals surface area contributed by atoms with Crippen molar-refractivity contribution in [3.8, 4) is 0 Å². The first kappa shape index (κ1) is 64.4. The molecule has 1 rings (SSSR count). The molecule has 7 heteroatoms. The molecule has 1 aliphatic heterocycles. The van der Waals surface area contributed by atoms with Gasteiger partial charge in [-0.3, -0.25) is 14.4 Å². The predicted molar refractivity (Wildman–Crippen MR) is 292 cm³/mol. The Morgan fingerprint density at radius 3 is 1.19 bits per heavy atom. The summed E-state index contributed by atoms with van der Waals surface area (Å²) in [6.45, 7) is 17.1. The molecule has 0 saturated carbocycles. The molecule has 0 N–H and O–H groups in total. The van der Waals surface area contributed by atoms with Crippen molar-refractivity contribution in [1.29, 1.82) is 0 Å². The van der Waals surface area contributed by atoms with Gasteiger partial charge in [0.15, 0.2) is 0 Å². The normalized spacial score (nSPS) is 14.3. The van der Waals surface area contributed by atoms with Crippen molar-refractivity contribution in [3.05, 3.63) is 0 Å². The minimum absolute atomic E-state index is 0.000644. The maximum Gasteiger partial charge on any atom is 0.305 e. The van der Waals surface area contributed by atoms with E-state index in [-0.39, 0.29) is 11.9 Å². The second kappa shape index (κ2) is 49.0. The summed E-state index contributed by atoms with van der Waals surface area (Å²) in [5.41, 5.74) is 0. The Hall–Kier alpha value is -1.63. The number of hydrogen-bond acceptors (Lipinski definition) is 6. The maximum atomic E-state index is 14.1. The number of likely N-dealkylation sites (tertiary alicyclic amines) is 1. The van der Waals surface area contributed by atoms with Crippen molar-refractivity contribution in [2.45, 2.75) is 323 Å². The Labute approximate surface area is 424 Å². The van der Waals surface area contributed by atoms with Crippen LogP contribution >= 0.6 is 0 Å². The second-order valence-electron chi connectivity index (χ2n) is 21.8. The highest BCUT2D eigenvalue weighted by Gasteiger charge is 2.23. The zero-order chi connectivity index (χ0) is 49.4. The van der Waals surface area contributed by atoms with Crippen LogP contribution in [0.2, 0.25) is 0 Å². The summed E-state index contributed by atoms with van der Waals surface area (Å²) >= 11 is 0. The largest absolute Gasteiger partial charge is 0.465 e. The average molecular weight is 960 g/mol. The molecular formula is C61H118N2O5. The number of esters is 2. The first-order chi connectivity index (χ1) is 33.4. The van der Waals surface area contributed by atoms with Gasteiger partial charge in [0, 0.05) is 31.8 Å². The molecular weight excluding hydrogens is 841 g/mol. The number of ether oxygens (including phenoxy) is 2. The van der Waals surface area contributed by atoms with Gasteiger partial charge in [-0.15, -0.1) is 0 Å². The summed E-state index contributed by atoms with van der Waals surface area (Å²) in [7, 11) is 0. The third kappa shape index (κ3) is 39.0. The third-order valence-corrected chi connectivity index (χ3v) is 15.2. The van der Waals surface area contributed by atoms with E-state index in [0.717, 1.165) is 57.9 Å². The average Bonchev–Trinajstić information content (AvgIpc) is 3.87. The minimum atomic E-state index is 0.000644. The van der Waals surface area contributed by atoms with Crippen LogP contribution in [-0.4, -0.2) is 73.1 Å². The fraction of sp³-hybridized carbons (Fsp3) is 0.951. The first-order valence-electron chi connectivity index (χ1n) is 30.7. The van der Waals surface area contributed by atoms with E-state index in [1.807, 2.05) is 0 Å². The fourth-order valence-electron chi connectivity index (χ4n) is 10.6. The summed E-state index contributed by atoms with van der Waals surface area (Å²) in [6, 6.07) is 0.348. The van der Waals surface area contributed by atoms with E-state index in [9.17, 15) is 14.4 Å². The molecule has 1 heterocycles. The van der Waals surface area contributed by atoms with Gasteiger partial charge in [0.05, 0.1) is 13.2 Å². The standard InChI is InChI=1S/C61H118N2O5/c1-6-11-16-19-27-34-47-59(64)63(53-40-39-52-62-50-37-38-51-62)58(46-33-26-23-24-29-36-49-61(66)68-55-57(42-15-10-5)44-31-18-13-8-3)45-32-25-21-20-22-28-35-48-60(65)67-54-56(41-14-9-4)43-30-17-12-7-2/h56-58H,6-55H2,1-5H3. The van der Waals surface area contributed by atoms with Crippen molar-refractivity contribution in [1.82, 2.24) is 9.80 Å². The van der Waals surface area contributed by atoms with Crippen molar-refractivity contribution < 1.29 is 23.9 Å². The number of carbonyl (C=O) groups excluding carboxylic acids is 3. The highest BCUT2D eigenvalue weighted by atomic mass is 16.5. The quantitative estimate of drug-likeness (QED) is 0.0447. The Morgan fingerprint density at radius 2 is 0.750 bits per heavy atom. The van der Waals surface area contributed by atoms with Gasteiger partial charge >= 0.3 is 11.9 Å². The SMILES string of the molecule is CCCCCCCCC(=O)N(CCCCN1CCCC1)C(CCCCCCCCCC(=O)OCC(CCCC)CCCCCC)CCCCCCCCC(=O)OCC(CCCC)CCCCCC. The monoisotopic (exact) mass is 959 g/mol. The van der Waals surface area contributed by atoms with Gasteiger partial charge in [-0.05, 0) is 115 Å². The van der Waals surface area contributed by atoms with Gasteiger partial charge in [-0.2, -0.15) is 0 Å². The number of hydrogen-bond donors (Lipinski definition) is 0. The summed E-state index contributed by atoms with van der Waals surface area (Å²) in [5.74, 6) is 1.47. The zero-order valence-corrected chi connectivity index (χ0v) is 46.5. The number of carbonyl (C=O) groups is 3. The van der Waals surface area contributed by atoms with Crippen LogP contribution in [0.3, 0.4) is 0 Å². The molecule has 1 fully saturated rings. The van der Waals surface area contributed by atoms with Crippen molar-refractivity contribution >= 4 is 17.8 Å². The van der Waals surface area contributed by atoms with E-state index in [1.54, 1.807) is 0 Å². The lowest BCUT2D eigenvalue weighted by Crippen LogP contribution is -2.41. The summed E-state index contributed by atoms with van der Waals surface area (Å²) < 4.78 is 11.6. The van der Waals surface area contributed by atoms with Gasteiger partial charge < -0.3 is 19.3 Å². The van der Waals surface area contributed by atoms with E-state index >= 15 is 0 Å². The van der Waals surface area contributed by atoms with E-state index in [1.165, 1.54) is 232 Å². The Bertz CT molecular complexity index is 1110. The molecule has 1 amide bonds. The smallest absolute Gasteiger partial charge is 0.305 e. The summed E-state index contributed by atoms with van der Waals surface area (Å²) in [6.07, 6.45) is 51.1. The fourth-order valence-corrected chi connectivity index (χ4v) is 10.6. The predicted octanol–water partition coefficient (Wildman–Crippen LogP) is 18.1.